The van der Waals surface area contributed by atoms with Crippen molar-refractivity contribution in [3.05, 3.63) is 59.7 Å². The molecule has 0 spiro atoms. The van der Waals surface area contributed by atoms with Crippen molar-refractivity contribution in [1.82, 2.24) is 10.2 Å². The Morgan fingerprint density at radius 1 is 1.15 bits per heavy atom. The monoisotopic (exact) mass is 363 g/mol. The molecule has 136 valence electrons. The summed E-state index contributed by atoms with van der Waals surface area (Å²) in [5, 5.41) is 6.76. The predicted molar refractivity (Wildman–Crippen MR) is 89.8 cm³/mol. The smallest absolute Gasteiger partial charge is 0.314 e. The molecule has 26 heavy (non-hydrogen) atoms. The van der Waals surface area contributed by atoms with Gasteiger partial charge < -0.3 is 14.1 Å². The van der Waals surface area contributed by atoms with E-state index < -0.39 is 18.1 Å². The second-order valence-electron chi connectivity index (χ2n) is 5.61. The highest BCUT2D eigenvalue weighted by Gasteiger charge is 2.18. The van der Waals surface area contributed by atoms with Crippen LogP contribution < -0.4 is 9.64 Å². The lowest BCUT2D eigenvalue weighted by molar-refractivity contribution is 0.116. The van der Waals surface area contributed by atoms with E-state index in [2.05, 4.69) is 10.2 Å². The topological polar surface area (TPSA) is 51.4 Å². The molecule has 0 radical (unpaired) electrons. The van der Waals surface area contributed by atoms with Crippen LogP contribution in [-0.2, 0) is 6.54 Å². The van der Waals surface area contributed by atoms with Gasteiger partial charge in [-0.3, -0.25) is 0 Å². The van der Waals surface area contributed by atoms with Crippen LogP contribution in [0.3, 0.4) is 0 Å². The molecule has 3 rings (SSSR count). The highest BCUT2D eigenvalue weighted by atomic mass is 19.3. The van der Waals surface area contributed by atoms with Gasteiger partial charge in [-0.15, -0.1) is 10.2 Å². The van der Waals surface area contributed by atoms with Crippen molar-refractivity contribution in [1.29, 1.82) is 0 Å². The molecule has 1 aromatic heterocycles. The number of rotatable bonds is 6. The number of alkyl halides is 2. The number of hydrogen-bond acceptors (Lipinski definition) is 5. The van der Waals surface area contributed by atoms with Crippen LogP contribution in [0.15, 0.2) is 46.9 Å². The van der Waals surface area contributed by atoms with Crippen molar-refractivity contribution in [2.24, 2.45) is 0 Å². The molecule has 1 heterocycles. The molecular weight excluding hydrogens is 347 g/mol. The zero-order valence-corrected chi connectivity index (χ0v) is 14.1. The summed E-state index contributed by atoms with van der Waals surface area (Å²) in [5.74, 6) is -0.723. The summed E-state index contributed by atoms with van der Waals surface area (Å²) in [5.41, 5.74) is 1.55. The molecule has 2 aromatic carbocycles. The minimum atomic E-state index is -2.86. The zero-order chi connectivity index (χ0) is 18.7. The standard InChI is InChI=1S/C18H16F3N3O2/c1-24(13-4-3-5-14(9-13)25-2)10-12-7-6-11(8-15(12)19)17-22-23-18(26-17)16(20)21/h3-9,16H,10H2,1-2H3. The van der Waals surface area contributed by atoms with Gasteiger partial charge in [0.2, 0.25) is 5.89 Å². The van der Waals surface area contributed by atoms with Crippen LogP contribution in [0.5, 0.6) is 5.75 Å². The van der Waals surface area contributed by atoms with Gasteiger partial charge in [0.25, 0.3) is 5.89 Å². The quantitative estimate of drug-likeness (QED) is 0.647. The molecule has 3 aromatic rings. The van der Waals surface area contributed by atoms with Gasteiger partial charge in [-0.1, -0.05) is 12.1 Å². The number of ether oxygens (including phenoxy) is 1. The molecule has 0 atom stereocenters. The lowest BCUT2D eigenvalue weighted by Crippen LogP contribution is -2.17. The number of methoxy groups -OCH3 is 1. The van der Waals surface area contributed by atoms with E-state index in [9.17, 15) is 13.2 Å². The summed E-state index contributed by atoms with van der Waals surface area (Å²) < 4.78 is 49.5. The first-order valence-corrected chi connectivity index (χ1v) is 7.73. The third-order valence-electron chi connectivity index (χ3n) is 3.83. The highest BCUT2D eigenvalue weighted by molar-refractivity contribution is 5.55. The van der Waals surface area contributed by atoms with Gasteiger partial charge in [-0.25, -0.2) is 4.39 Å². The van der Waals surface area contributed by atoms with E-state index in [0.717, 1.165) is 5.69 Å². The zero-order valence-electron chi connectivity index (χ0n) is 14.1. The third-order valence-corrected chi connectivity index (χ3v) is 3.83. The van der Waals surface area contributed by atoms with E-state index in [-0.39, 0.29) is 11.5 Å². The number of anilines is 1. The highest BCUT2D eigenvalue weighted by Crippen LogP contribution is 2.26. The van der Waals surface area contributed by atoms with E-state index >= 15 is 0 Å². The minimum Gasteiger partial charge on any atom is -0.497 e. The molecule has 0 N–H and O–H groups in total. The fourth-order valence-electron chi connectivity index (χ4n) is 2.44. The Morgan fingerprint density at radius 2 is 1.96 bits per heavy atom. The predicted octanol–water partition coefficient (Wildman–Crippen LogP) is 4.46. The first kappa shape index (κ1) is 17.8. The molecule has 0 aliphatic heterocycles. The molecule has 0 unspecified atom stereocenters. The number of nitrogens with zero attached hydrogens (tertiary/aromatic N) is 3. The maximum Gasteiger partial charge on any atom is 0.314 e. The summed E-state index contributed by atoms with van der Waals surface area (Å²) in [6, 6.07) is 11.7. The van der Waals surface area contributed by atoms with Crippen molar-refractivity contribution in [3.8, 4) is 17.2 Å². The van der Waals surface area contributed by atoms with Crippen LogP contribution in [0.4, 0.5) is 18.9 Å². The van der Waals surface area contributed by atoms with Gasteiger partial charge in [-0.05, 0) is 24.3 Å². The normalized spacial score (nSPS) is 11.0. The number of benzene rings is 2. The van der Waals surface area contributed by atoms with Crippen molar-refractivity contribution in [3.63, 3.8) is 0 Å². The molecule has 0 fully saturated rings. The van der Waals surface area contributed by atoms with Gasteiger partial charge in [0.05, 0.1) is 7.11 Å². The number of aromatic nitrogens is 2. The first-order chi connectivity index (χ1) is 12.5. The summed E-state index contributed by atoms with van der Waals surface area (Å²) >= 11 is 0. The SMILES string of the molecule is COc1cccc(N(C)Cc2ccc(-c3nnc(C(F)F)o3)cc2F)c1. The average Bonchev–Trinajstić information content (AvgIpc) is 3.14. The Morgan fingerprint density at radius 3 is 2.62 bits per heavy atom. The van der Waals surface area contributed by atoms with E-state index in [1.807, 2.05) is 36.2 Å². The van der Waals surface area contributed by atoms with Gasteiger partial charge >= 0.3 is 6.43 Å². The number of hydrogen-bond donors (Lipinski definition) is 0. The largest absolute Gasteiger partial charge is 0.497 e. The Bertz CT molecular complexity index is 899. The summed E-state index contributed by atoms with van der Waals surface area (Å²) in [6.45, 7) is 0.311. The maximum atomic E-state index is 14.4. The van der Waals surface area contributed by atoms with Gasteiger partial charge in [0.1, 0.15) is 11.6 Å². The van der Waals surface area contributed by atoms with Crippen LogP contribution >= 0.6 is 0 Å². The fourth-order valence-corrected chi connectivity index (χ4v) is 2.44. The summed E-state index contributed by atoms with van der Waals surface area (Å²) in [4.78, 5) is 1.86. The molecule has 0 saturated carbocycles. The Kier molecular flexibility index (Phi) is 5.11. The molecule has 0 bridgehead atoms. The minimum absolute atomic E-state index is 0.146. The lowest BCUT2D eigenvalue weighted by Gasteiger charge is -2.20. The summed E-state index contributed by atoms with van der Waals surface area (Å²) in [6.07, 6.45) is -2.86. The van der Waals surface area contributed by atoms with Crippen LogP contribution in [0.1, 0.15) is 17.9 Å². The van der Waals surface area contributed by atoms with Crippen molar-refractivity contribution in [2.45, 2.75) is 13.0 Å². The van der Waals surface area contributed by atoms with Crippen LogP contribution in [0.25, 0.3) is 11.5 Å². The molecule has 0 aliphatic carbocycles. The van der Waals surface area contributed by atoms with Crippen molar-refractivity contribution < 1.29 is 22.3 Å². The van der Waals surface area contributed by atoms with Crippen LogP contribution in [-0.4, -0.2) is 24.4 Å². The van der Waals surface area contributed by atoms with Gasteiger partial charge in [0.15, 0.2) is 0 Å². The van der Waals surface area contributed by atoms with Gasteiger partial charge in [0, 0.05) is 36.5 Å². The van der Waals surface area contributed by atoms with Crippen LogP contribution in [0, 0.1) is 5.82 Å². The van der Waals surface area contributed by atoms with E-state index in [1.54, 1.807) is 19.2 Å². The second-order valence-corrected chi connectivity index (χ2v) is 5.61. The van der Waals surface area contributed by atoms with E-state index in [4.69, 9.17) is 9.15 Å². The second kappa shape index (κ2) is 7.47. The molecule has 0 aliphatic rings. The molecule has 0 saturated heterocycles. The van der Waals surface area contributed by atoms with Crippen molar-refractivity contribution >= 4 is 5.69 Å². The van der Waals surface area contributed by atoms with E-state index in [1.165, 1.54) is 6.07 Å². The first-order valence-electron chi connectivity index (χ1n) is 7.73. The Hall–Kier alpha value is -3.03. The molecule has 8 heteroatoms. The fraction of sp³-hybridized carbons (Fsp3) is 0.222. The molecule has 5 nitrogen and oxygen atoms in total. The lowest BCUT2D eigenvalue weighted by atomic mass is 10.1. The Balaban J connectivity index is 1.78. The molecular formula is C18H16F3N3O2. The van der Waals surface area contributed by atoms with Crippen molar-refractivity contribution in [2.75, 3.05) is 19.1 Å². The average molecular weight is 363 g/mol. The van der Waals surface area contributed by atoms with Gasteiger partial charge in [-0.2, -0.15) is 8.78 Å². The van der Waals surface area contributed by atoms with Crippen LogP contribution in [0.2, 0.25) is 0 Å². The third kappa shape index (κ3) is 3.79. The molecule has 0 amide bonds. The summed E-state index contributed by atoms with van der Waals surface area (Å²) in [7, 11) is 3.41. The maximum absolute atomic E-state index is 14.4. The van der Waals surface area contributed by atoms with E-state index in [0.29, 0.717) is 17.9 Å². The Labute approximate surface area is 148 Å². The number of halogens is 3.